The summed E-state index contributed by atoms with van der Waals surface area (Å²) in [7, 11) is 0. The Kier molecular flexibility index (Phi) is 1.98. The van der Waals surface area contributed by atoms with Crippen LogP contribution >= 0.6 is 0 Å². The molecular weight excluding hydrogens is 250 g/mol. The lowest BCUT2D eigenvalue weighted by Gasteiger charge is -2.07. The summed E-state index contributed by atoms with van der Waals surface area (Å²) in [6, 6.07) is 13.6. The van der Waals surface area contributed by atoms with E-state index in [4.69, 9.17) is 5.73 Å². The van der Waals surface area contributed by atoms with E-state index in [1.165, 1.54) is 0 Å². The van der Waals surface area contributed by atoms with E-state index >= 15 is 0 Å². The number of anilines is 1. The Morgan fingerprint density at radius 3 is 2.85 bits per heavy atom. The number of fused-ring (bicyclic) bond motifs is 4. The van der Waals surface area contributed by atoms with Crippen LogP contribution < -0.4 is 5.73 Å². The summed E-state index contributed by atoms with van der Waals surface area (Å²) in [4.78, 5) is 8.79. The first kappa shape index (κ1) is 10.8. The molecule has 0 fully saturated rings. The van der Waals surface area contributed by atoms with Crippen molar-refractivity contribution in [3.8, 4) is 6.07 Å². The Balaban J connectivity index is 2.42. The van der Waals surface area contributed by atoms with Crippen molar-refractivity contribution in [3.05, 3.63) is 48.2 Å². The fourth-order valence-corrected chi connectivity index (χ4v) is 2.58. The van der Waals surface area contributed by atoms with Gasteiger partial charge >= 0.3 is 0 Å². The minimum atomic E-state index is 0.450. The van der Waals surface area contributed by atoms with E-state index in [1.54, 1.807) is 6.20 Å². The number of para-hydroxylation sites is 2. The van der Waals surface area contributed by atoms with Crippen LogP contribution in [0, 0.1) is 11.3 Å². The van der Waals surface area contributed by atoms with Gasteiger partial charge in [-0.2, -0.15) is 5.26 Å². The normalized spacial score (nSPS) is 11.2. The van der Waals surface area contributed by atoms with E-state index in [9.17, 15) is 5.26 Å². The molecule has 3 aromatic heterocycles. The van der Waals surface area contributed by atoms with Crippen molar-refractivity contribution in [3.63, 3.8) is 0 Å². The number of benzene rings is 1. The Morgan fingerprint density at radius 1 is 1.15 bits per heavy atom. The Hall–Kier alpha value is -3.13. The number of nitriles is 1. The minimum Gasteiger partial charge on any atom is -0.384 e. The van der Waals surface area contributed by atoms with Crippen LogP contribution in [0.2, 0.25) is 0 Å². The van der Waals surface area contributed by atoms with Gasteiger partial charge in [0.05, 0.1) is 16.6 Å². The van der Waals surface area contributed by atoms with Gasteiger partial charge in [-0.1, -0.05) is 12.1 Å². The van der Waals surface area contributed by atoms with Gasteiger partial charge in [-0.15, -0.1) is 0 Å². The lowest BCUT2D eigenvalue weighted by molar-refractivity contribution is 1.23. The highest BCUT2D eigenvalue weighted by Crippen LogP contribution is 2.29. The quantitative estimate of drug-likeness (QED) is 0.526. The van der Waals surface area contributed by atoms with E-state index in [1.807, 2.05) is 40.8 Å². The monoisotopic (exact) mass is 259 g/mol. The third-order valence-corrected chi connectivity index (χ3v) is 3.46. The summed E-state index contributed by atoms with van der Waals surface area (Å²) in [6.45, 7) is 0. The fourth-order valence-electron chi connectivity index (χ4n) is 2.58. The second-order valence-corrected chi connectivity index (χ2v) is 4.53. The molecule has 5 nitrogen and oxygen atoms in total. The highest BCUT2D eigenvalue weighted by atomic mass is 15.1. The molecule has 0 aliphatic rings. The molecule has 0 saturated heterocycles. The summed E-state index contributed by atoms with van der Waals surface area (Å²) in [6.07, 6.45) is 1.65. The fraction of sp³-hybridized carbons (Fsp3) is 0. The van der Waals surface area contributed by atoms with Crippen LogP contribution in [0.4, 0.5) is 5.82 Å². The molecule has 0 aliphatic heterocycles. The van der Waals surface area contributed by atoms with Crippen LogP contribution in [0.15, 0.2) is 42.6 Å². The van der Waals surface area contributed by atoms with Crippen LogP contribution in [0.1, 0.15) is 5.56 Å². The molecule has 3 heterocycles. The number of nitrogen functional groups attached to an aromatic ring is 1. The summed E-state index contributed by atoms with van der Waals surface area (Å²) < 4.78 is 1.82. The van der Waals surface area contributed by atoms with Crippen LogP contribution in [0.25, 0.3) is 27.6 Å². The Bertz CT molecular complexity index is 1020. The van der Waals surface area contributed by atoms with Crippen molar-refractivity contribution in [2.75, 3.05) is 5.73 Å². The molecule has 0 aliphatic carbocycles. The largest absolute Gasteiger partial charge is 0.384 e. The number of hydrogen-bond donors (Lipinski definition) is 1. The second-order valence-electron chi connectivity index (χ2n) is 4.53. The molecule has 94 valence electrons. The van der Waals surface area contributed by atoms with E-state index in [0.717, 1.165) is 16.4 Å². The van der Waals surface area contributed by atoms with E-state index in [2.05, 4.69) is 16.0 Å². The van der Waals surface area contributed by atoms with Crippen LogP contribution in [0.5, 0.6) is 0 Å². The molecule has 0 spiro atoms. The van der Waals surface area contributed by atoms with Gasteiger partial charge in [0.25, 0.3) is 0 Å². The molecule has 4 aromatic rings. The Morgan fingerprint density at radius 2 is 2.00 bits per heavy atom. The van der Waals surface area contributed by atoms with Crippen molar-refractivity contribution in [1.82, 2.24) is 14.4 Å². The summed E-state index contributed by atoms with van der Waals surface area (Å²) >= 11 is 0. The summed E-state index contributed by atoms with van der Waals surface area (Å²) in [5.41, 5.74) is 9.56. The first-order valence-electron chi connectivity index (χ1n) is 6.14. The lowest BCUT2D eigenvalue weighted by atomic mass is 10.1. The van der Waals surface area contributed by atoms with Gasteiger partial charge in [-0.05, 0) is 24.3 Å². The molecular formula is C15H9N5. The molecule has 0 unspecified atom stereocenters. The predicted octanol–water partition coefficient (Wildman–Crippen LogP) is 2.49. The van der Waals surface area contributed by atoms with Gasteiger partial charge < -0.3 is 5.73 Å². The number of nitrogens with two attached hydrogens (primary N) is 1. The molecule has 0 atom stereocenters. The third kappa shape index (κ3) is 1.20. The summed E-state index contributed by atoms with van der Waals surface area (Å²) in [5, 5.41) is 10.2. The SMILES string of the molecule is N#Cc1c2ncccc2c(N)n2c1nc1ccccc12. The number of imidazole rings is 1. The zero-order valence-corrected chi connectivity index (χ0v) is 10.4. The van der Waals surface area contributed by atoms with Gasteiger partial charge in [0.15, 0.2) is 5.65 Å². The minimum absolute atomic E-state index is 0.450. The number of aromatic nitrogens is 3. The summed E-state index contributed by atoms with van der Waals surface area (Å²) in [5.74, 6) is 0.552. The molecule has 20 heavy (non-hydrogen) atoms. The first-order chi connectivity index (χ1) is 9.81. The number of nitrogens with zero attached hydrogens (tertiary/aromatic N) is 4. The zero-order chi connectivity index (χ0) is 13.7. The van der Waals surface area contributed by atoms with E-state index < -0.39 is 0 Å². The maximum absolute atomic E-state index is 9.47. The maximum atomic E-state index is 9.47. The molecule has 4 rings (SSSR count). The van der Waals surface area contributed by atoms with Crippen molar-refractivity contribution in [2.45, 2.75) is 0 Å². The van der Waals surface area contributed by atoms with Crippen molar-refractivity contribution in [1.29, 1.82) is 5.26 Å². The van der Waals surface area contributed by atoms with E-state index in [0.29, 0.717) is 22.5 Å². The topological polar surface area (TPSA) is 80.0 Å². The van der Waals surface area contributed by atoms with Gasteiger partial charge in [-0.25, -0.2) is 4.98 Å². The van der Waals surface area contributed by atoms with Crippen molar-refractivity contribution < 1.29 is 0 Å². The number of rotatable bonds is 0. The van der Waals surface area contributed by atoms with Crippen LogP contribution in [-0.2, 0) is 0 Å². The van der Waals surface area contributed by atoms with Crippen LogP contribution in [0.3, 0.4) is 0 Å². The smallest absolute Gasteiger partial charge is 0.159 e. The second kappa shape index (κ2) is 3.68. The predicted molar refractivity (Wildman–Crippen MR) is 77.1 cm³/mol. The average Bonchev–Trinajstić information content (AvgIpc) is 2.87. The molecule has 0 saturated carbocycles. The molecule has 1 aromatic carbocycles. The molecule has 0 radical (unpaired) electrons. The van der Waals surface area contributed by atoms with Crippen molar-refractivity contribution >= 4 is 33.4 Å². The van der Waals surface area contributed by atoms with Gasteiger partial charge in [0, 0.05) is 11.6 Å². The lowest BCUT2D eigenvalue weighted by Crippen LogP contribution is -2.01. The number of hydrogen-bond acceptors (Lipinski definition) is 4. The van der Waals surface area contributed by atoms with Crippen LogP contribution in [-0.4, -0.2) is 14.4 Å². The Labute approximate surface area is 113 Å². The number of pyridine rings is 2. The highest BCUT2D eigenvalue weighted by molar-refractivity contribution is 6.00. The molecule has 0 amide bonds. The van der Waals surface area contributed by atoms with Crippen molar-refractivity contribution in [2.24, 2.45) is 0 Å². The third-order valence-electron chi connectivity index (χ3n) is 3.46. The first-order valence-corrected chi connectivity index (χ1v) is 6.14. The molecule has 5 heteroatoms. The average molecular weight is 259 g/mol. The van der Waals surface area contributed by atoms with E-state index in [-0.39, 0.29) is 0 Å². The highest BCUT2D eigenvalue weighted by Gasteiger charge is 2.16. The molecule has 0 bridgehead atoms. The van der Waals surface area contributed by atoms with Gasteiger partial charge in [0.2, 0.25) is 0 Å². The van der Waals surface area contributed by atoms with Gasteiger partial charge in [0.1, 0.15) is 17.5 Å². The zero-order valence-electron chi connectivity index (χ0n) is 10.4. The van der Waals surface area contributed by atoms with Gasteiger partial charge in [-0.3, -0.25) is 9.38 Å². The standard InChI is InChI=1S/C15H9N5/c16-8-10-13-9(4-3-7-18-13)14(17)20-12-6-2-1-5-11(12)19-15(10)20/h1-7H,17H2. The maximum Gasteiger partial charge on any atom is 0.159 e. The molecule has 2 N–H and O–H groups in total.